The predicted octanol–water partition coefficient (Wildman–Crippen LogP) is 1.63. The summed E-state index contributed by atoms with van der Waals surface area (Å²) in [5, 5.41) is 16.8. The second-order valence-corrected chi connectivity index (χ2v) is 3.59. The second-order valence-electron chi connectivity index (χ2n) is 3.59. The van der Waals surface area contributed by atoms with Crippen LogP contribution in [-0.2, 0) is 11.2 Å². The highest BCUT2D eigenvalue weighted by molar-refractivity contribution is 5.73. The van der Waals surface area contributed by atoms with Gasteiger partial charge in [0.25, 0.3) is 5.95 Å². The third-order valence-corrected chi connectivity index (χ3v) is 2.12. The van der Waals surface area contributed by atoms with E-state index in [1.165, 1.54) is 12.3 Å². The Morgan fingerprint density at radius 1 is 1.22 bits per heavy atom. The van der Waals surface area contributed by atoms with Crippen LogP contribution in [0.2, 0.25) is 0 Å². The molecule has 0 unspecified atom stereocenters. The Kier molecular flexibility index (Phi) is 5.47. The van der Waals surface area contributed by atoms with E-state index in [-0.39, 0.29) is 5.95 Å². The molecule has 4 N–H and O–H groups in total. The molecule has 1 heterocycles. The average molecular weight is 249 g/mol. The molecule has 96 valence electrons. The lowest BCUT2D eigenvalue weighted by molar-refractivity contribution is -0.138. The summed E-state index contributed by atoms with van der Waals surface area (Å²) in [6, 6.07) is 11.6. The molecule has 0 saturated carbocycles. The van der Waals surface area contributed by atoms with Crippen LogP contribution < -0.4 is 5.73 Å². The minimum atomic E-state index is -0.959. The molecule has 1 aromatic heterocycles. The number of furan rings is 1. The molecule has 0 aliphatic rings. The summed E-state index contributed by atoms with van der Waals surface area (Å²) in [6.45, 7) is 0. The van der Waals surface area contributed by atoms with Crippen molar-refractivity contribution in [2.24, 2.45) is 5.73 Å². The van der Waals surface area contributed by atoms with Gasteiger partial charge in [-0.1, -0.05) is 30.3 Å². The van der Waals surface area contributed by atoms with Crippen molar-refractivity contribution in [3.63, 3.8) is 0 Å². The number of benzene rings is 1. The Bertz CT molecular complexity index is 453. The van der Waals surface area contributed by atoms with E-state index >= 15 is 0 Å². The fourth-order valence-corrected chi connectivity index (χ4v) is 1.23. The van der Waals surface area contributed by atoms with Crippen molar-refractivity contribution in [2.45, 2.75) is 12.5 Å². The molecule has 0 aliphatic carbocycles. The van der Waals surface area contributed by atoms with Gasteiger partial charge in [0.05, 0.1) is 6.26 Å². The van der Waals surface area contributed by atoms with Crippen LogP contribution in [0, 0.1) is 0 Å². The number of aliphatic carboxylic acids is 1. The maximum Gasteiger partial charge on any atom is 0.320 e. The van der Waals surface area contributed by atoms with Crippen LogP contribution in [0.4, 0.5) is 0 Å². The molecular weight excluding hydrogens is 234 g/mol. The Hall–Kier alpha value is -2.27. The maximum absolute atomic E-state index is 10.4. The van der Waals surface area contributed by atoms with Crippen LogP contribution in [0.3, 0.4) is 0 Å². The zero-order valence-corrected chi connectivity index (χ0v) is 9.69. The van der Waals surface area contributed by atoms with Gasteiger partial charge in [-0.25, -0.2) is 0 Å². The number of carboxylic acids is 1. The van der Waals surface area contributed by atoms with Crippen LogP contribution in [-0.4, -0.2) is 22.2 Å². The fraction of sp³-hybridized carbons (Fsp3) is 0.154. The van der Waals surface area contributed by atoms with Crippen LogP contribution in [0.1, 0.15) is 5.56 Å². The molecule has 0 amide bonds. The van der Waals surface area contributed by atoms with Gasteiger partial charge in [0.1, 0.15) is 6.04 Å². The molecule has 0 radical (unpaired) electrons. The quantitative estimate of drug-likeness (QED) is 0.768. The first-order valence-corrected chi connectivity index (χ1v) is 5.34. The van der Waals surface area contributed by atoms with Crippen molar-refractivity contribution >= 4 is 5.97 Å². The molecule has 2 rings (SSSR count). The van der Waals surface area contributed by atoms with Crippen molar-refractivity contribution in [1.82, 2.24) is 0 Å². The summed E-state index contributed by atoms with van der Waals surface area (Å²) in [4.78, 5) is 10.4. The molecule has 1 aromatic carbocycles. The number of hydrogen-bond acceptors (Lipinski definition) is 4. The van der Waals surface area contributed by atoms with E-state index in [0.717, 1.165) is 5.56 Å². The van der Waals surface area contributed by atoms with Gasteiger partial charge < -0.3 is 20.4 Å². The van der Waals surface area contributed by atoms with E-state index in [1.807, 2.05) is 30.3 Å². The van der Waals surface area contributed by atoms with Gasteiger partial charge in [0.2, 0.25) is 0 Å². The van der Waals surface area contributed by atoms with Crippen LogP contribution in [0.25, 0.3) is 0 Å². The minimum Gasteiger partial charge on any atom is -0.481 e. The number of carboxylic acid groups (broad SMARTS) is 1. The van der Waals surface area contributed by atoms with Gasteiger partial charge in [0.15, 0.2) is 0 Å². The highest BCUT2D eigenvalue weighted by Gasteiger charge is 2.10. The van der Waals surface area contributed by atoms with E-state index < -0.39 is 12.0 Å². The number of hydrogen-bond donors (Lipinski definition) is 3. The van der Waals surface area contributed by atoms with Gasteiger partial charge in [-0.05, 0) is 18.1 Å². The summed E-state index contributed by atoms with van der Waals surface area (Å²) >= 11 is 0. The molecule has 2 aromatic rings. The van der Waals surface area contributed by atoms with Crippen LogP contribution >= 0.6 is 0 Å². The highest BCUT2D eigenvalue weighted by atomic mass is 16.5. The third kappa shape index (κ3) is 5.18. The lowest BCUT2D eigenvalue weighted by atomic mass is 10.1. The number of nitrogens with two attached hydrogens (primary N) is 1. The Balaban J connectivity index is 0.000000225. The molecule has 18 heavy (non-hydrogen) atoms. The zero-order valence-electron chi connectivity index (χ0n) is 9.69. The van der Waals surface area contributed by atoms with E-state index in [4.69, 9.17) is 15.9 Å². The summed E-state index contributed by atoms with van der Waals surface area (Å²) in [5.41, 5.74) is 6.30. The van der Waals surface area contributed by atoms with Gasteiger partial charge in [-0.15, -0.1) is 0 Å². The molecule has 5 heteroatoms. The van der Waals surface area contributed by atoms with E-state index in [2.05, 4.69) is 4.42 Å². The predicted molar refractivity (Wildman–Crippen MR) is 66.1 cm³/mol. The monoisotopic (exact) mass is 249 g/mol. The van der Waals surface area contributed by atoms with Gasteiger partial charge in [-0.3, -0.25) is 4.79 Å². The van der Waals surface area contributed by atoms with Crippen molar-refractivity contribution in [2.75, 3.05) is 0 Å². The third-order valence-electron chi connectivity index (χ3n) is 2.12. The molecule has 1 atom stereocenters. The fourth-order valence-electron chi connectivity index (χ4n) is 1.23. The van der Waals surface area contributed by atoms with Crippen LogP contribution in [0.15, 0.2) is 53.1 Å². The number of carbonyl (C=O) groups is 1. The van der Waals surface area contributed by atoms with E-state index in [9.17, 15) is 4.79 Å². The smallest absolute Gasteiger partial charge is 0.320 e. The Morgan fingerprint density at radius 2 is 1.89 bits per heavy atom. The molecule has 0 saturated heterocycles. The summed E-state index contributed by atoms with van der Waals surface area (Å²) in [7, 11) is 0. The number of rotatable bonds is 3. The maximum atomic E-state index is 10.4. The average Bonchev–Trinajstić information content (AvgIpc) is 2.82. The molecular formula is C13H15NO4. The topological polar surface area (TPSA) is 96.7 Å². The Labute approximate surface area is 104 Å². The van der Waals surface area contributed by atoms with Crippen molar-refractivity contribution in [1.29, 1.82) is 0 Å². The first kappa shape index (κ1) is 13.8. The van der Waals surface area contributed by atoms with E-state index in [1.54, 1.807) is 6.07 Å². The summed E-state index contributed by atoms with van der Waals surface area (Å²) in [5.74, 6) is -0.992. The Morgan fingerprint density at radius 3 is 2.28 bits per heavy atom. The first-order chi connectivity index (χ1) is 8.59. The molecule has 0 bridgehead atoms. The minimum absolute atomic E-state index is 0.0324. The lowest BCUT2D eigenvalue weighted by Crippen LogP contribution is -2.32. The molecule has 0 fully saturated rings. The van der Waals surface area contributed by atoms with Crippen molar-refractivity contribution < 1.29 is 19.4 Å². The normalized spacial score (nSPS) is 11.2. The lowest BCUT2D eigenvalue weighted by Gasteiger charge is -2.04. The van der Waals surface area contributed by atoms with Gasteiger partial charge >= 0.3 is 5.97 Å². The molecule has 5 nitrogen and oxygen atoms in total. The van der Waals surface area contributed by atoms with Gasteiger partial charge in [0, 0.05) is 6.07 Å². The standard InChI is InChI=1S/C9H11NO2.C4H4O2/c10-8(9(11)12)6-7-4-2-1-3-5-7;5-4-2-1-3-6-4/h1-5,8H,6,10H2,(H,11,12);1-3,5H/t8-;/m0./s1. The SMILES string of the molecule is N[C@@H](Cc1ccccc1)C(=O)O.Oc1ccco1. The second kappa shape index (κ2) is 7.13. The number of aromatic hydroxyl groups is 1. The van der Waals surface area contributed by atoms with E-state index in [0.29, 0.717) is 6.42 Å². The zero-order chi connectivity index (χ0) is 13.4. The highest BCUT2D eigenvalue weighted by Crippen LogP contribution is 2.04. The summed E-state index contributed by atoms with van der Waals surface area (Å²) in [6.07, 6.45) is 1.80. The van der Waals surface area contributed by atoms with Gasteiger partial charge in [-0.2, -0.15) is 0 Å². The van der Waals surface area contributed by atoms with Crippen LogP contribution in [0.5, 0.6) is 5.95 Å². The molecule has 0 spiro atoms. The molecule has 0 aliphatic heterocycles. The van der Waals surface area contributed by atoms with Crippen molar-refractivity contribution in [3.05, 3.63) is 54.3 Å². The summed E-state index contributed by atoms with van der Waals surface area (Å²) < 4.78 is 4.39. The van der Waals surface area contributed by atoms with Crippen molar-refractivity contribution in [3.8, 4) is 5.95 Å². The largest absolute Gasteiger partial charge is 0.481 e. The first-order valence-electron chi connectivity index (χ1n) is 5.34.